The number of methoxy groups -OCH3 is 1. The van der Waals surface area contributed by atoms with Gasteiger partial charge in [-0.05, 0) is 18.2 Å². The van der Waals surface area contributed by atoms with Crippen LogP contribution in [0.2, 0.25) is 0 Å². The highest BCUT2D eigenvalue weighted by Gasteiger charge is 2.10. The third kappa shape index (κ3) is 4.89. The highest BCUT2D eigenvalue weighted by Crippen LogP contribution is 2.30. The number of nitrogens with zero attached hydrogens (tertiary/aromatic N) is 3. The van der Waals surface area contributed by atoms with Crippen LogP contribution in [0.25, 0.3) is 0 Å². The Morgan fingerprint density at radius 1 is 0.920 bits per heavy atom. The maximum absolute atomic E-state index is 5.80. The van der Waals surface area contributed by atoms with E-state index in [1.54, 1.807) is 37.8 Å². The van der Waals surface area contributed by atoms with E-state index in [2.05, 4.69) is 20.3 Å². The van der Waals surface area contributed by atoms with Gasteiger partial charge in [0.25, 0.3) is 0 Å². The van der Waals surface area contributed by atoms with Gasteiger partial charge in [-0.2, -0.15) is 0 Å². The van der Waals surface area contributed by atoms with Crippen molar-refractivity contribution in [1.82, 2.24) is 15.0 Å². The molecule has 1 aromatic carbocycles. The van der Waals surface area contributed by atoms with Crippen molar-refractivity contribution >= 4 is 11.8 Å². The number of rotatable bonds is 8. The number of anilines is 2. The molecule has 0 radical (unpaired) electrons. The number of nitrogens with one attached hydrogen (secondary N) is 1. The molecule has 3 aromatic rings. The molecule has 7 heteroatoms. The van der Waals surface area contributed by atoms with E-state index in [4.69, 9.17) is 14.2 Å². The molecule has 2 aromatic heterocycles. The van der Waals surface area contributed by atoms with Crippen molar-refractivity contribution in [3.05, 3.63) is 61.1 Å². The number of pyridine rings is 1. The van der Waals surface area contributed by atoms with Gasteiger partial charge in [-0.25, -0.2) is 15.0 Å². The first-order valence-electron chi connectivity index (χ1n) is 7.74. The Kier molecular flexibility index (Phi) is 5.73. The molecule has 0 aliphatic rings. The van der Waals surface area contributed by atoms with Gasteiger partial charge in [0, 0.05) is 25.6 Å². The fourth-order valence-electron chi connectivity index (χ4n) is 2.02. The zero-order valence-corrected chi connectivity index (χ0v) is 13.8. The molecule has 0 fully saturated rings. The SMILES string of the molecule is COCCOc1cc(Oc2ccccc2)cnc1Nc1ncccn1. The van der Waals surface area contributed by atoms with E-state index in [-0.39, 0.29) is 0 Å². The van der Waals surface area contributed by atoms with Gasteiger partial charge in [0.2, 0.25) is 5.95 Å². The molecule has 0 aliphatic heterocycles. The number of hydrogen-bond acceptors (Lipinski definition) is 7. The van der Waals surface area contributed by atoms with Gasteiger partial charge in [0.05, 0.1) is 12.8 Å². The summed E-state index contributed by atoms with van der Waals surface area (Å²) in [6.45, 7) is 0.850. The normalized spacial score (nSPS) is 10.3. The van der Waals surface area contributed by atoms with Crippen molar-refractivity contribution in [2.45, 2.75) is 0 Å². The summed E-state index contributed by atoms with van der Waals surface area (Å²) in [5.74, 6) is 2.75. The summed E-state index contributed by atoms with van der Waals surface area (Å²) in [7, 11) is 1.62. The molecule has 128 valence electrons. The van der Waals surface area contributed by atoms with Crippen LogP contribution in [-0.2, 0) is 4.74 Å². The van der Waals surface area contributed by atoms with Gasteiger partial charge >= 0.3 is 0 Å². The summed E-state index contributed by atoms with van der Waals surface area (Å²) in [5.41, 5.74) is 0. The molecule has 0 spiro atoms. The van der Waals surface area contributed by atoms with E-state index in [0.29, 0.717) is 36.5 Å². The Balaban J connectivity index is 1.81. The second-order valence-corrected chi connectivity index (χ2v) is 4.97. The average molecular weight is 338 g/mol. The van der Waals surface area contributed by atoms with Gasteiger partial charge in [-0.3, -0.25) is 0 Å². The van der Waals surface area contributed by atoms with Gasteiger partial charge in [-0.1, -0.05) is 18.2 Å². The van der Waals surface area contributed by atoms with Crippen molar-refractivity contribution in [2.24, 2.45) is 0 Å². The first kappa shape index (κ1) is 16.7. The molecular formula is C18H18N4O3. The van der Waals surface area contributed by atoms with Gasteiger partial charge < -0.3 is 19.5 Å². The molecule has 0 unspecified atom stereocenters. The van der Waals surface area contributed by atoms with E-state index in [1.165, 1.54) is 0 Å². The third-order valence-corrected chi connectivity index (χ3v) is 3.15. The van der Waals surface area contributed by atoms with E-state index in [0.717, 1.165) is 5.75 Å². The van der Waals surface area contributed by atoms with E-state index < -0.39 is 0 Å². The zero-order chi connectivity index (χ0) is 17.3. The molecular weight excluding hydrogens is 320 g/mol. The Labute approximate surface area is 145 Å². The second-order valence-electron chi connectivity index (χ2n) is 4.97. The number of benzene rings is 1. The first-order valence-corrected chi connectivity index (χ1v) is 7.74. The quantitative estimate of drug-likeness (QED) is 0.630. The molecule has 3 rings (SSSR count). The predicted molar refractivity (Wildman–Crippen MR) is 93.4 cm³/mol. The largest absolute Gasteiger partial charge is 0.487 e. The monoisotopic (exact) mass is 338 g/mol. The summed E-state index contributed by atoms with van der Waals surface area (Å²) in [6, 6.07) is 13.0. The minimum absolute atomic E-state index is 0.386. The van der Waals surface area contributed by atoms with Gasteiger partial charge in [-0.15, -0.1) is 0 Å². The molecule has 0 saturated carbocycles. The predicted octanol–water partition coefficient (Wildman–Crippen LogP) is 3.43. The van der Waals surface area contributed by atoms with Crippen molar-refractivity contribution in [3.63, 3.8) is 0 Å². The lowest BCUT2D eigenvalue weighted by Crippen LogP contribution is -2.07. The Morgan fingerprint density at radius 3 is 2.48 bits per heavy atom. The van der Waals surface area contributed by atoms with Gasteiger partial charge in [0.1, 0.15) is 18.1 Å². The summed E-state index contributed by atoms with van der Waals surface area (Å²) in [4.78, 5) is 12.6. The lowest BCUT2D eigenvalue weighted by Gasteiger charge is -2.13. The standard InChI is InChI=1S/C18H18N4O3/c1-23-10-11-24-16-12-15(25-14-6-3-2-4-7-14)13-21-17(16)22-18-19-8-5-9-20-18/h2-9,12-13H,10-11H2,1H3,(H,19,20,21,22). The Hall–Kier alpha value is -3.19. The second kappa shape index (κ2) is 8.60. The molecule has 0 atom stereocenters. The Morgan fingerprint density at radius 2 is 1.72 bits per heavy atom. The molecule has 0 aliphatic carbocycles. The number of ether oxygens (including phenoxy) is 3. The van der Waals surface area contributed by atoms with Crippen molar-refractivity contribution in [1.29, 1.82) is 0 Å². The maximum Gasteiger partial charge on any atom is 0.228 e. The highest BCUT2D eigenvalue weighted by atomic mass is 16.5. The van der Waals surface area contributed by atoms with Crippen LogP contribution in [0.3, 0.4) is 0 Å². The van der Waals surface area contributed by atoms with Crippen LogP contribution >= 0.6 is 0 Å². The maximum atomic E-state index is 5.80. The zero-order valence-electron chi connectivity index (χ0n) is 13.8. The third-order valence-electron chi connectivity index (χ3n) is 3.15. The van der Waals surface area contributed by atoms with Crippen LogP contribution in [0.5, 0.6) is 17.2 Å². The molecule has 1 N–H and O–H groups in total. The fourth-order valence-corrected chi connectivity index (χ4v) is 2.02. The smallest absolute Gasteiger partial charge is 0.228 e. The molecule has 0 saturated heterocycles. The van der Waals surface area contributed by atoms with Gasteiger partial charge in [0.15, 0.2) is 11.6 Å². The van der Waals surface area contributed by atoms with E-state index in [9.17, 15) is 0 Å². The van der Waals surface area contributed by atoms with Crippen LogP contribution in [0.15, 0.2) is 61.1 Å². The first-order chi connectivity index (χ1) is 12.3. The van der Waals surface area contributed by atoms with Crippen LogP contribution in [0, 0.1) is 0 Å². The summed E-state index contributed by atoms with van der Waals surface area (Å²) < 4.78 is 16.6. The summed E-state index contributed by atoms with van der Waals surface area (Å²) in [6.07, 6.45) is 4.91. The topological polar surface area (TPSA) is 78.4 Å². The Bertz CT molecular complexity index is 785. The highest BCUT2D eigenvalue weighted by molar-refractivity contribution is 5.59. The molecule has 7 nitrogen and oxygen atoms in total. The van der Waals surface area contributed by atoms with Crippen LogP contribution in [0.1, 0.15) is 0 Å². The van der Waals surface area contributed by atoms with Crippen LogP contribution in [0.4, 0.5) is 11.8 Å². The van der Waals surface area contributed by atoms with Crippen LogP contribution in [-0.4, -0.2) is 35.3 Å². The van der Waals surface area contributed by atoms with Crippen molar-refractivity contribution in [3.8, 4) is 17.2 Å². The number of para-hydroxylation sites is 1. The lowest BCUT2D eigenvalue weighted by molar-refractivity contribution is 0.146. The minimum Gasteiger partial charge on any atom is -0.487 e. The van der Waals surface area contributed by atoms with Crippen LogP contribution < -0.4 is 14.8 Å². The average Bonchev–Trinajstić information content (AvgIpc) is 2.66. The number of hydrogen-bond donors (Lipinski definition) is 1. The fraction of sp³-hybridized carbons (Fsp3) is 0.167. The molecule has 2 heterocycles. The summed E-state index contributed by atoms with van der Waals surface area (Å²) in [5, 5.41) is 3.04. The molecule has 25 heavy (non-hydrogen) atoms. The minimum atomic E-state index is 0.386. The molecule has 0 amide bonds. The molecule has 0 bridgehead atoms. The lowest BCUT2D eigenvalue weighted by atomic mass is 10.3. The summed E-state index contributed by atoms with van der Waals surface area (Å²) >= 11 is 0. The van der Waals surface area contributed by atoms with Crippen molar-refractivity contribution in [2.75, 3.05) is 25.6 Å². The van der Waals surface area contributed by atoms with Crippen molar-refractivity contribution < 1.29 is 14.2 Å². The van der Waals surface area contributed by atoms with E-state index in [1.807, 2.05) is 30.3 Å². The van der Waals surface area contributed by atoms with E-state index >= 15 is 0 Å². The number of aromatic nitrogens is 3.